The van der Waals surface area contributed by atoms with E-state index in [9.17, 15) is 9.59 Å². The number of aryl methyl sites for hydroxylation is 1. The number of aromatic nitrogens is 2. The number of thiocarbonyl (C=S) groups is 1. The third kappa shape index (κ3) is 5.15. The maximum atomic E-state index is 12.0. The van der Waals surface area contributed by atoms with Crippen LogP contribution >= 0.6 is 35.3 Å². The molecule has 28 heavy (non-hydrogen) atoms. The molecule has 0 unspecified atom stereocenters. The smallest absolute Gasteiger partial charge is 0.265 e. The third-order valence-corrected chi connectivity index (χ3v) is 6.09. The Hall–Kier alpha value is -2.30. The largest absolute Gasteiger partial charge is 0.484 e. The number of nitrogens with zero attached hydrogens (tertiary/aromatic N) is 3. The minimum atomic E-state index is -0.296. The molecule has 2 aromatic rings. The molecule has 0 aliphatic carbocycles. The number of carbonyl (C=O) groups is 2. The normalized spacial score (nSPS) is 15.4. The Bertz CT molecular complexity index is 924. The second-order valence-electron chi connectivity index (χ2n) is 5.90. The summed E-state index contributed by atoms with van der Waals surface area (Å²) >= 11 is 7.76. The Kier molecular flexibility index (Phi) is 6.76. The number of hydrogen-bond donors (Lipinski definition) is 1. The van der Waals surface area contributed by atoms with Crippen molar-refractivity contribution in [3.05, 3.63) is 39.7 Å². The van der Waals surface area contributed by atoms with Gasteiger partial charge in [0.1, 0.15) is 15.1 Å². The summed E-state index contributed by atoms with van der Waals surface area (Å²) in [5, 5.41) is 12.0. The molecular weight excluding hydrogens is 416 g/mol. The van der Waals surface area contributed by atoms with E-state index < -0.39 is 0 Å². The van der Waals surface area contributed by atoms with E-state index in [4.69, 9.17) is 17.0 Å². The zero-order chi connectivity index (χ0) is 20.1. The van der Waals surface area contributed by atoms with Gasteiger partial charge in [0.25, 0.3) is 11.8 Å². The number of amides is 2. The second kappa shape index (κ2) is 9.26. The third-order valence-electron chi connectivity index (χ3n) is 3.71. The predicted octanol–water partition coefficient (Wildman–Crippen LogP) is 3.34. The van der Waals surface area contributed by atoms with E-state index >= 15 is 0 Å². The molecule has 0 bridgehead atoms. The highest BCUT2D eigenvalue weighted by Gasteiger charge is 2.28. The Balaban J connectivity index is 1.52. The monoisotopic (exact) mass is 434 g/mol. The van der Waals surface area contributed by atoms with Gasteiger partial charge in [0, 0.05) is 13.5 Å². The van der Waals surface area contributed by atoms with Crippen LogP contribution in [0.3, 0.4) is 0 Å². The van der Waals surface area contributed by atoms with Gasteiger partial charge in [0.2, 0.25) is 5.13 Å². The first-order valence-electron chi connectivity index (χ1n) is 8.53. The first kappa shape index (κ1) is 20.4. The van der Waals surface area contributed by atoms with Crippen LogP contribution in [0.25, 0.3) is 6.08 Å². The van der Waals surface area contributed by atoms with Crippen molar-refractivity contribution in [2.45, 2.75) is 19.8 Å². The molecule has 1 aliphatic heterocycles. The molecule has 0 saturated carbocycles. The number of likely N-dealkylation sites (N-methyl/N-ethyl adjacent to an activating group) is 1. The number of carbonyl (C=O) groups excluding carboxylic acids is 2. The number of thioether (sulfide) groups is 1. The Morgan fingerprint density at radius 3 is 2.71 bits per heavy atom. The predicted molar refractivity (Wildman–Crippen MR) is 115 cm³/mol. The SMILES string of the molecule is CCCc1nnc(NC(=O)COc2ccc(/C=C3\SC(=S)N(C)C3=O)cc2)s1. The van der Waals surface area contributed by atoms with Gasteiger partial charge < -0.3 is 4.74 Å². The van der Waals surface area contributed by atoms with Gasteiger partial charge in [-0.2, -0.15) is 0 Å². The Labute approximate surface area is 176 Å². The number of rotatable bonds is 7. The number of ether oxygens (including phenoxy) is 1. The van der Waals surface area contributed by atoms with Crippen LogP contribution in [-0.2, 0) is 16.0 Å². The standard InChI is InChI=1S/C18H18N4O3S3/c1-3-4-15-20-21-17(28-15)19-14(23)10-25-12-7-5-11(6-8-12)9-13-16(24)22(2)18(26)27-13/h5-9H,3-4,10H2,1-2H3,(H,19,21,23)/b13-9-. The van der Waals surface area contributed by atoms with Gasteiger partial charge in [-0.3, -0.25) is 19.8 Å². The first-order chi connectivity index (χ1) is 13.5. The molecule has 7 nitrogen and oxygen atoms in total. The summed E-state index contributed by atoms with van der Waals surface area (Å²) in [4.78, 5) is 26.0. The van der Waals surface area contributed by atoms with Crippen LogP contribution in [0.5, 0.6) is 5.75 Å². The highest BCUT2D eigenvalue weighted by molar-refractivity contribution is 8.26. The van der Waals surface area contributed by atoms with Crippen molar-refractivity contribution < 1.29 is 14.3 Å². The molecule has 1 saturated heterocycles. The van der Waals surface area contributed by atoms with Gasteiger partial charge in [0.15, 0.2) is 6.61 Å². The quantitative estimate of drug-likeness (QED) is 0.528. The molecule has 1 aromatic heterocycles. The number of anilines is 1. The van der Waals surface area contributed by atoms with Crippen molar-refractivity contribution >= 4 is 62.7 Å². The molecule has 1 fully saturated rings. The summed E-state index contributed by atoms with van der Waals surface area (Å²) in [5.41, 5.74) is 0.850. The molecule has 1 aromatic carbocycles. The van der Waals surface area contributed by atoms with Crippen LogP contribution in [0, 0.1) is 0 Å². The van der Waals surface area contributed by atoms with Crippen molar-refractivity contribution in [1.82, 2.24) is 15.1 Å². The van der Waals surface area contributed by atoms with E-state index in [-0.39, 0.29) is 18.4 Å². The summed E-state index contributed by atoms with van der Waals surface area (Å²) in [7, 11) is 1.66. The maximum Gasteiger partial charge on any atom is 0.265 e. The van der Waals surface area contributed by atoms with Crippen LogP contribution in [-0.4, -0.2) is 44.9 Å². The zero-order valence-electron chi connectivity index (χ0n) is 15.3. The van der Waals surface area contributed by atoms with Gasteiger partial charge in [-0.1, -0.05) is 54.4 Å². The summed E-state index contributed by atoms with van der Waals surface area (Å²) in [5.74, 6) is 0.153. The lowest BCUT2D eigenvalue weighted by atomic mass is 10.2. The van der Waals surface area contributed by atoms with E-state index in [2.05, 4.69) is 22.4 Å². The Morgan fingerprint density at radius 2 is 2.07 bits per heavy atom. The molecule has 0 atom stereocenters. The second-order valence-corrected chi connectivity index (χ2v) is 8.64. The molecule has 10 heteroatoms. The molecule has 1 aliphatic rings. The van der Waals surface area contributed by atoms with Crippen molar-refractivity contribution in [3.63, 3.8) is 0 Å². The van der Waals surface area contributed by atoms with Crippen molar-refractivity contribution in [1.29, 1.82) is 0 Å². The van der Waals surface area contributed by atoms with Crippen LogP contribution < -0.4 is 10.1 Å². The average molecular weight is 435 g/mol. The molecule has 3 rings (SSSR count). The molecule has 2 heterocycles. The number of benzene rings is 1. The van der Waals surface area contributed by atoms with Crippen LogP contribution in [0.4, 0.5) is 5.13 Å². The lowest BCUT2D eigenvalue weighted by Gasteiger charge is -2.06. The summed E-state index contributed by atoms with van der Waals surface area (Å²) in [6, 6.07) is 7.13. The summed E-state index contributed by atoms with van der Waals surface area (Å²) in [6.07, 6.45) is 3.61. The summed E-state index contributed by atoms with van der Waals surface area (Å²) in [6.45, 7) is 1.93. The number of hydrogen-bond acceptors (Lipinski definition) is 8. The molecule has 2 amide bonds. The zero-order valence-corrected chi connectivity index (χ0v) is 17.7. The fourth-order valence-corrected chi connectivity index (χ4v) is 4.32. The average Bonchev–Trinajstić information content (AvgIpc) is 3.21. The van der Waals surface area contributed by atoms with Gasteiger partial charge in [-0.15, -0.1) is 10.2 Å². The van der Waals surface area contributed by atoms with E-state index in [1.807, 2.05) is 12.1 Å². The first-order valence-corrected chi connectivity index (χ1v) is 10.6. The molecule has 1 N–H and O–H groups in total. The van der Waals surface area contributed by atoms with Crippen LogP contribution in [0.15, 0.2) is 29.2 Å². The van der Waals surface area contributed by atoms with Crippen molar-refractivity contribution in [3.8, 4) is 5.75 Å². The van der Waals surface area contributed by atoms with E-state index in [0.717, 1.165) is 23.4 Å². The molecular formula is C18H18N4O3S3. The Morgan fingerprint density at radius 1 is 1.32 bits per heavy atom. The number of nitrogens with one attached hydrogen (secondary N) is 1. The van der Waals surface area contributed by atoms with Crippen LogP contribution in [0.2, 0.25) is 0 Å². The molecule has 0 radical (unpaired) electrons. The van der Waals surface area contributed by atoms with Crippen molar-refractivity contribution in [2.75, 3.05) is 19.0 Å². The molecule has 146 valence electrons. The van der Waals surface area contributed by atoms with E-state index in [1.54, 1.807) is 25.3 Å². The fraction of sp³-hybridized carbons (Fsp3) is 0.278. The van der Waals surface area contributed by atoms with Gasteiger partial charge in [0.05, 0.1) is 4.91 Å². The minimum absolute atomic E-state index is 0.106. The topological polar surface area (TPSA) is 84.4 Å². The summed E-state index contributed by atoms with van der Waals surface area (Å²) < 4.78 is 6.04. The highest BCUT2D eigenvalue weighted by atomic mass is 32.2. The fourth-order valence-electron chi connectivity index (χ4n) is 2.28. The maximum absolute atomic E-state index is 12.0. The van der Waals surface area contributed by atoms with Crippen molar-refractivity contribution in [2.24, 2.45) is 0 Å². The van der Waals surface area contributed by atoms with Crippen LogP contribution in [0.1, 0.15) is 23.9 Å². The molecule has 0 spiro atoms. The van der Waals surface area contributed by atoms with Gasteiger partial charge in [-0.05, 0) is 30.2 Å². The van der Waals surface area contributed by atoms with E-state index in [1.165, 1.54) is 28.0 Å². The van der Waals surface area contributed by atoms with E-state index in [0.29, 0.717) is 20.1 Å². The minimum Gasteiger partial charge on any atom is -0.484 e. The van der Waals surface area contributed by atoms with Gasteiger partial charge in [-0.25, -0.2) is 0 Å². The lowest BCUT2D eigenvalue weighted by molar-refractivity contribution is -0.121. The van der Waals surface area contributed by atoms with Gasteiger partial charge >= 0.3 is 0 Å². The lowest BCUT2D eigenvalue weighted by Crippen LogP contribution is -2.22. The highest BCUT2D eigenvalue weighted by Crippen LogP contribution is 2.31.